The van der Waals surface area contributed by atoms with Crippen LogP contribution in [0.3, 0.4) is 0 Å². The lowest BCUT2D eigenvalue weighted by atomic mass is 10.1. The molecule has 1 saturated heterocycles. The maximum absolute atomic E-state index is 12.7. The van der Waals surface area contributed by atoms with E-state index >= 15 is 0 Å². The number of aromatic nitrogens is 1. The first-order chi connectivity index (χ1) is 12.4. The topological polar surface area (TPSA) is 103 Å². The normalized spacial score (nSPS) is 18.4. The van der Waals surface area contributed by atoms with Crippen molar-refractivity contribution in [3.8, 4) is 5.75 Å². The van der Waals surface area contributed by atoms with E-state index in [2.05, 4.69) is 4.98 Å². The molecule has 2 aromatic rings. The van der Waals surface area contributed by atoms with Crippen molar-refractivity contribution in [2.45, 2.75) is 24.7 Å². The van der Waals surface area contributed by atoms with Crippen molar-refractivity contribution >= 4 is 15.9 Å². The van der Waals surface area contributed by atoms with E-state index in [1.165, 1.54) is 16.6 Å². The Hall–Kier alpha value is -2.45. The number of sulfonamides is 1. The molecule has 1 aliphatic rings. The van der Waals surface area contributed by atoms with Crippen molar-refractivity contribution in [2.75, 3.05) is 13.1 Å². The van der Waals surface area contributed by atoms with Crippen LogP contribution >= 0.6 is 0 Å². The van der Waals surface area contributed by atoms with E-state index in [1.54, 1.807) is 18.2 Å². The zero-order valence-corrected chi connectivity index (χ0v) is 15.1. The zero-order valence-electron chi connectivity index (χ0n) is 14.2. The molecule has 7 nitrogen and oxygen atoms in total. The number of carbonyl (C=O) groups excluding carboxylic acids is 1. The average Bonchev–Trinajstić information content (AvgIpc) is 2.63. The quantitative estimate of drug-likeness (QED) is 0.825. The Labute approximate surface area is 152 Å². The van der Waals surface area contributed by atoms with E-state index < -0.39 is 15.9 Å². The second-order valence-electron chi connectivity index (χ2n) is 6.22. The summed E-state index contributed by atoms with van der Waals surface area (Å²) < 4.78 is 32.7. The number of ether oxygens (including phenoxy) is 1. The van der Waals surface area contributed by atoms with Crippen LogP contribution in [0.15, 0.2) is 48.7 Å². The third-order valence-electron chi connectivity index (χ3n) is 4.21. The van der Waals surface area contributed by atoms with Gasteiger partial charge in [-0.05, 0) is 24.5 Å². The highest BCUT2D eigenvalue weighted by atomic mass is 32.2. The Balaban J connectivity index is 1.67. The van der Waals surface area contributed by atoms with Gasteiger partial charge < -0.3 is 10.5 Å². The molecule has 1 unspecified atom stereocenters. The van der Waals surface area contributed by atoms with Gasteiger partial charge in [0.2, 0.25) is 10.0 Å². The van der Waals surface area contributed by atoms with Crippen LogP contribution in [-0.2, 0) is 15.8 Å². The summed E-state index contributed by atoms with van der Waals surface area (Å²) in [6, 6.07) is 12.2. The third kappa shape index (κ3) is 4.59. The molecule has 3 rings (SSSR count). The van der Waals surface area contributed by atoms with Gasteiger partial charge >= 0.3 is 0 Å². The molecule has 8 heteroatoms. The molecule has 1 atom stereocenters. The van der Waals surface area contributed by atoms with E-state index in [-0.39, 0.29) is 24.1 Å². The molecule has 1 aromatic carbocycles. The van der Waals surface area contributed by atoms with E-state index in [9.17, 15) is 13.2 Å². The number of hydrogen-bond donors (Lipinski definition) is 1. The number of piperidine rings is 1. The molecule has 1 aliphatic heterocycles. The average molecular weight is 375 g/mol. The second kappa shape index (κ2) is 7.84. The molecular weight excluding hydrogens is 354 g/mol. The molecule has 1 fully saturated rings. The third-order valence-corrected chi connectivity index (χ3v) is 6.03. The van der Waals surface area contributed by atoms with E-state index in [1.807, 2.05) is 18.2 Å². The Morgan fingerprint density at radius 1 is 1.27 bits per heavy atom. The number of pyridine rings is 1. The van der Waals surface area contributed by atoms with Gasteiger partial charge in [0.15, 0.2) is 0 Å². The maximum atomic E-state index is 12.7. The first kappa shape index (κ1) is 18.3. The largest absolute Gasteiger partial charge is 0.489 e. The highest BCUT2D eigenvalue weighted by molar-refractivity contribution is 7.88. The standard InChI is InChI=1S/C18H21N3O4S/c19-18(22)17-11-15(8-9-20-17)25-16-7-4-10-21(12-16)26(23,24)13-14-5-2-1-3-6-14/h1-3,5-6,8-9,11,16H,4,7,10,12-13H2,(H2,19,22). The van der Waals surface area contributed by atoms with E-state index in [4.69, 9.17) is 10.5 Å². The summed E-state index contributed by atoms with van der Waals surface area (Å²) in [5.74, 6) is -0.200. The highest BCUT2D eigenvalue weighted by Gasteiger charge is 2.30. The lowest BCUT2D eigenvalue weighted by Gasteiger charge is -2.32. The van der Waals surface area contributed by atoms with Crippen molar-refractivity contribution in [3.05, 3.63) is 59.9 Å². The van der Waals surface area contributed by atoms with Gasteiger partial charge in [0, 0.05) is 18.8 Å². The van der Waals surface area contributed by atoms with Gasteiger partial charge in [-0.25, -0.2) is 8.42 Å². The summed E-state index contributed by atoms with van der Waals surface area (Å²) in [6.07, 6.45) is 2.62. The second-order valence-corrected chi connectivity index (χ2v) is 8.19. The van der Waals surface area contributed by atoms with Crippen molar-refractivity contribution in [1.29, 1.82) is 0 Å². The van der Waals surface area contributed by atoms with Crippen molar-refractivity contribution in [1.82, 2.24) is 9.29 Å². The fourth-order valence-electron chi connectivity index (χ4n) is 2.94. The fraction of sp³-hybridized carbons (Fsp3) is 0.333. The van der Waals surface area contributed by atoms with Crippen LogP contribution in [-0.4, -0.2) is 42.8 Å². The number of carbonyl (C=O) groups is 1. The smallest absolute Gasteiger partial charge is 0.267 e. The Bertz CT molecular complexity index is 871. The minimum atomic E-state index is -3.42. The van der Waals surface area contributed by atoms with Crippen LogP contribution in [0.2, 0.25) is 0 Å². The molecular formula is C18H21N3O4S. The minimum Gasteiger partial charge on any atom is -0.489 e. The van der Waals surface area contributed by atoms with Crippen LogP contribution in [0.25, 0.3) is 0 Å². The fourth-order valence-corrected chi connectivity index (χ4v) is 4.54. The predicted molar refractivity (Wildman–Crippen MR) is 97.0 cm³/mol. The molecule has 26 heavy (non-hydrogen) atoms. The summed E-state index contributed by atoms with van der Waals surface area (Å²) in [4.78, 5) is 15.1. The molecule has 0 bridgehead atoms. The first-order valence-electron chi connectivity index (χ1n) is 8.38. The molecule has 0 saturated carbocycles. The molecule has 138 valence electrons. The molecule has 2 N–H and O–H groups in total. The van der Waals surface area contributed by atoms with Crippen molar-refractivity contribution < 1.29 is 17.9 Å². The first-order valence-corrected chi connectivity index (χ1v) is 9.99. The van der Waals surface area contributed by atoms with Gasteiger partial charge in [0.1, 0.15) is 17.5 Å². The Kier molecular flexibility index (Phi) is 5.53. The predicted octanol–water partition coefficient (Wildman–Crippen LogP) is 1.55. The van der Waals surface area contributed by atoms with Crippen molar-refractivity contribution in [2.24, 2.45) is 5.73 Å². The highest BCUT2D eigenvalue weighted by Crippen LogP contribution is 2.22. The van der Waals surface area contributed by atoms with Crippen molar-refractivity contribution in [3.63, 3.8) is 0 Å². The molecule has 0 radical (unpaired) electrons. The summed E-state index contributed by atoms with van der Waals surface area (Å²) in [5.41, 5.74) is 6.10. The monoisotopic (exact) mass is 375 g/mol. The number of amides is 1. The van der Waals surface area contributed by atoms with Gasteiger partial charge in [-0.3, -0.25) is 9.78 Å². The zero-order chi connectivity index (χ0) is 18.6. The van der Waals surface area contributed by atoms with E-state index in [0.717, 1.165) is 12.0 Å². The Morgan fingerprint density at radius 2 is 2.04 bits per heavy atom. The summed E-state index contributed by atoms with van der Waals surface area (Å²) in [5, 5.41) is 0. The number of rotatable bonds is 6. The summed E-state index contributed by atoms with van der Waals surface area (Å²) in [6.45, 7) is 0.765. The van der Waals surface area contributed by atoms with Gasteiger partial charge in [0.05, 0.1) is 12.3 Å². The number of benzene rings is 1. The van der Waals surface area contributed by atoms with Crippen LogP contribution in [0, 0.1) is 0 Å². The number of hydrogen-bond acceptors (Lipinski definition) is 5. The summed E-state index contributed by atoms with van der Waals surface area (Å²) in [7, 11) is -3.42. The van der Waals surface area contributed by atoms with Crippen LogP contribution in [0.1, 0.15) is 28.9 Å². The van der Waals surface area contributed by atoms with E-state index in [0.29, 0.717) is 18.7 Å². The summed E-state index contributed by atoms with van der Waals surface area (Å²) >= 11 is 0. The van der Waals surface area contributed by atoms with Gasteiger partial charge in [-0.15, -0.1) is 0 Å². The van der Waals surface area contributed by atoms with Gasteiger partial charge in [0.25, 0.3) is 5.91 Å². The SMILES string of the molecule is NC(=O)c1cc(OC2CCCN(S(=O)(=O)Cc3ccccc3)C2)ccn1. The molecule has 2 heterocycles. The lowest BCUT2D eigenvalue weighted by molar-refractivity contribution is 0.0993. The van der Waals surface area contributed by atoms with Crippen LogP contribution < -0.4 is 10.5 Å². The maximum Gasteiger partial charge on any atom is 0.267 e. The molecule has 0 aliphatic carbocycles. The van der Waals surface area contributed by atoms with Gasteiger partial charge in [-0.2, -0.15) is 4.31 Å². The van der Waals surface area contributed by atoms with Crippen LogP contribution in [0.4, 0.5) is 0 Å². The lowest BCUT2D eigenvalue weighted by Crippen LogP contribution is -2.44. The van der Waals surface area contributed by atoms with Gasteiger partial charge in [-0.1, -0.05) is 30.3 Å². The molecule has 1 amide bonds. The minimum absolute atomic E-state index is 0.0262. The number of primary amides is 1. The Morgan fingerprint density at radius 3 is 2.77 bits per heavy atom. The molecule has 1 aromatic heterocycles. The van der Waals surface area contributed by atoms with Crippen LogP contribution in [0.5, 0.6) is 5.75 Å². The number of nitrogens with two attached hydrogens (primary N) is 1. The number of nitrogens with zero attached hydrogens (tertiary/aromatic N) is 2. The molecule has 0 spiro atoms.